The zero-order valence-electron chi connectivity index (χ0n) is 19.0. The molecule has 0 saturated heterocycles. The molecule has 4 rings (SSSR count). The average Bonchev–Trinajstić information content (AvgIpc) is 3.44. The van der Waals surface area contributed by atoms with Gasteiger partial charge in [-0.05, 0) is 50.7 Å². The Morgan fingerprint density at radius 3 is 2.52 bits per heavy atom. The SMILES string of the molecule is CCN1C(=O)N[C@H](c2ccc(C)cc2C)C2=C1CN([C@@H](C(=O)NC1CC1)C(C)C)C2=O. The average molecular weight is 425 g/mol. The van der Waals surface area contributed by atoms with Crippen molar-refractivity contribution >= 4 is 17.8 Å². The summed E-state index contributed by atoms with van der Waals surface area (Å²) >= 11 is 0. The summed E-state index contributed by atoms with van der Waals surface area (Å²) in [5.74, 6) is -0.304. The molecule has 0 bridgehead atoms. The first kappa shape index (κ1) is 21.4. The summed E-state index contributed by atoms with van der Waals surface area (Å²) in [7, 11) is 0. The van der Waals surface area contributed by atoms with Crippen LogP contribution in [0.2, 0.25) is 0 Å². The minimum absolute atomic E-state index is 0.0395. The molecule has 0 spiro atoms. The van der Waals surface area contributed by atoms with Crippen LogP contribution in [0.1, 0.15) is 56.3 Å². The van der Waals surface area contributed by atoms with E-state index in [9.17, 15) is 14.4 Å². The molecule has 2 N–H and O–H groups in total. The van der Waals surface area contributed by atoms with Gasteiger partial charge in [0.15, 0.2) is 0 Å². The largest absolute Gasteiger partial charge is 0.352 e. The number of nitrogens with one attached hydrogen (secondary N) is 2. The van der Waals surface area contributed by atoms with E-state index in [4.69, 9.17) is 0 Å². The summed E-state index contributed by atoms with van der Waals surface area (Å²) in [5.41, 5.74) is 4.37. The normalized spacial score (nSPS) is 22.1. The molecule has 31 heavy (non-hydrogen) atoms. The number of nitrogens with zero attached hydrogens (tertiary/aromatic N) is 2. The third kappa shape index (κ3) is 3.82. The number of carbonyl (C=O) groups excluding carboxylic acids is 3. The van der Waals surface area contributed by atoms with Gasteiger partial charge in [0, 0.05) is 12.6 Å². The molecule has 4 amide bonds. The smallest absolute Gasteiger partial charge is 0.322 e. The second kappa shape index (κ2) is 8.02. The Bertz CT molecular complexity index is 964. The van der Waals surface area contributed by atoms with Crippen LogP contribution in [0.4, 0.5) is 4.79 Å². The van der Waals surface area contributed by atoms with Gasteiger partial charge >= 0.3 is 6.03 Å². The van der Waals surface area contributed by atoms with Crippen LogP contribution in [0.3, 0.4) is 0 Å². The zero-order valence-corrected chi connectivity index (χ0v) is 19.0. The van der Waals surface area contributed by atoms with Crippen LogP contribution >= 0.6 is 0 Å². The Hall–Kier alpha value is -2.83. The lowest BCUT2D eigenvalue weighted by atomic mass is 9.91. The van der Waals surface area contributed by atoms with Gasteiger partial charge in [0.1, 0.15) is 6.04 Å². The second-order valence-electron chi connectivity index (χ2n) is 9.25. The van der Waals surface area contributed by atoms with Gasteiger partial charge in [0.2, 0.25) is 5.91 Å². The summed E-state index contributed by atoms with van der Waals surface area (Å²) < 4.78 is 0. The van der Waals surface area contributed by atoms with Gasteiger partial charge in [-0.3, -0.25) is 14.5 Å². The lowest BCUT2D eigenvalue weighted by Crippen LogP contribution is -2.51. The van der Waals surface area contributed by atoms with E-state index in [1.54, 1.807) is 9.80 Å². The van der Waals surface area contributed by atoms with Crippen molar-refractivity contribution in [2.45, 2.75) is 65.6 Å². The molecule has 166 valence electrons. The standard InChI is InChI=1S/C24H32N4O3/c1-6-27-18-12-28(21(13(2)3)22(29)25-16-8-9-16)23(30)19(18)20(26-24(27)31)17-10-7-14(4)11-15(17)5/h7,10-11,13,16,20-21H,6,8-9,12H2,1-5H3,(H,25,29)(H,26,31)/t20-,21-/m1/s1. The maximum atomic E-state index is 13.7. The van der Waals surface area contributed by atoms with E-state index in [2.05, 4.69) is 16.7 Å². The van der Waals surface area contributed by atoms with Gasteiger partial charge in [-0.2, -0.15) is 0 Å². The van der Waals surface area contributed by atoms with E-state index in [1.165, 1.54) is 0 Å². The summed E-state index contributed by atoms with van der Waals surface area (Å²) in [6.45, 7) is 10.6. The van der Waals surface area contributed by atoms with Crippen LogP contribution in [0.25, 0.3) is 0 Å². The monoisotopic (exact) mass is 424 g/mol. The minimum Gasteiger partial charge on any atom is -0.352 e. The highest BCUT2D eigenvalue weighted by Gasteiger charge is 2.48. The number of rotatable bonds is 6. The third-order valence-corrected chi connectivity index (χ3v) is 6.46. The molecule has 0 aromatic heterocycles. The van der Waals surface area contributed by atoms with Crippen molar-refractivity contribution in [1.82, 2.24) is 20.4 Å². The number of hydrogen-bond donors (Lipinski definition) is 2. The lowest BCUT2D eigenvalue weighted by molar-refractivity contribution is -0.138. The Morgan fingerprint density at radius 2 is 1.94 bits per heavy atom. The van der Waals surface area contributed by atoms with Crippen molar-refractivity contribution in [3.63, 3.8) is 0 Å². The van der Waals surface area contributed by atoms with Gasteiger partial charge in [-0.25, -0.2) is 4.79 Å². The van der Waals surface area contributed by atoms with E-state index in [0.29, 0.717) is 17.8 Å². The quantitative estimate of drug-likeness (QED) is 0.737. The van der Waals surface area contributed by atoms with Crippen molar-refractivity contribution in [3.05, 3.63) is 46.2 Å². The van der Waals surface area contributed by atoms with Crippen molar-refractivity contribution in [1.29, 1.82) is 0 Å². The summed E-state index contributed by atoms with van der Waals surface area (Å²) in [5, 5.41) is 6.10. The molecule has 7 heteroatoms. The van der Waals surface area contributed by atoms with Crippen molar-refractivity contribution in [3.8, 4) is 0 Å². The van der Waals surface area contributed by atoms with E-state index in [-0.39, 0.29) is 36.3 Å². The topological polar surface area (TPSA) is 81.8 Å². The second-order valence-corrected chi connectivity index (χ2v) is 9.25. The van der Waals surface area contributed by atoms with Gasteiger partial charge in [-0.1, -0.05) is 37.6 Å². The van der Waals surface area contributed by atoms with Crippen LogP contribution in [-0.2, 0) is 9.59 Å². The van der Waals surface area contributed by atoms with E-state index < -0.39 is 12.1 Å². The van der Waals surface area contributed by atoms with Crippen molar-refractivity contribution in [2.75, 3.05) is 13.1 Å². The minimum atomic E-state index is -0.563. The molecular formula is C24H32N4O3. The Balaban J connectivity index is 1.72. The molecular weight excluding hydrogens is 392 g/mol. The highest BCUT2D eigenvalue weighted by molar-refractivity contribution is 6.03. The fraction of sp³-hybridized carbons (Fsp3) is 0.542. The number of likely N-dealkylation sites (N-methyl/N-ethyl adjacent to an activating group) is 1. The van der Waals surface area contributed by atoms with Crippen LogP contribution in [0, 0.1) is 19.8 Å². The molecule has 2 heterocycles. The lowest BCUT2D eigenvalue weighted by Gasteiger charge is -2.33. The summed E-state index contributed by atoms with van der Waals surface area (Å²) in [6, 6.07) is 4.99. The van der Waals surface area contributed by atoms with Crippen molar-refractivity contribution < 1.29 is 14.4 Å². The third-order valence-electron chi connectivity index (χ3n) is 6.46. The van der Waals surface area contributed by atoms with E-state index in [0.717, 1.165) is 29.5 Å². The molecule has 2 atom stereocenters. The first-order valence-corrected chi connectivity index (χ1v) is 11.2. The number of carbonyl (C=O) groups is 3. The van der Waals surface area contributed by atoms with Gasteiger partial charge < -0.3 is 15.5 Å². The number of aryl methyl sites for hydroxylation is 2. The van der Waals surface area contributed by atoms with Gasteiger partial charge in [0.25, 0.3) is 5.91 Å². The van der Waals surface area contributed by atoms with Crippen molar-refractivity contribution in [2.24, 2.45) is 5.92 Å². The molecule has 0 radical (unpaired) electrons. The maximum Gasteiger partial charge on any atom is 0.322 e. The maximum absolute atomic E-state index is 13.7. The number of urea groups is 1. The van der Waals surface area contributed by atoms with Crippen LogP contribution in [0.5, 0.6) is 0 Å². The van der Waals surface area contributed by atoms with E-state index in [1.807, 2.05) is 46.8 Å². The highest BCUT2D eigenvalue weighted by Crippen LogP contribution is 2.39. The number of hydrogen-bond acceptors (Lipinski definition) is 3. The van der Waals surface area contributed by atoms with Gasteiger partial charge in [-0.15, -0.1) is 0 Å². The molecule has 1 aromatic rings. The fourth-order valence-electron chi connectivity index (χ4n) is 4.77. The van der Waals surface area contributed by atoms with Gasteiger partial charge in [0.05, 0.1) is 23.9 Å². The van der Waals surface area contributed by atoms with E-state index >= 15 is 0 Å². The first-order valence-electron chi connectivity index (χ1n) is 11.2. The predicted molar refractivity (Wildman–Crippen MR) is 118 cm³/mol. The molecule has 1 aliphatic carbocycles. The molecule has 7 nitrogen and oxygen atoms in total. The first-order chi connectivity index (χ1) is 14.7. The predicted octanol–water partition coefficient (Wildman–Crippen LogP) is 2.79. The van der Waals surface area contributed by atoms with Crippen LogP contribution in [0.15, 0.2) is 29.5 Å². The molecule has 0 unspecified atom stereocenters. The Labute approximate surface area is 183 Å². The highest BCUT2D eigenvalue weighted by atomic mass is 16.2. The zero-order chi connectivity index (χ0) is 22.4. The fourth-order valence-corrected chi connectivity index (χ4v) is 4.77. The molecule has 1 aromatic carbocycles. The summed E-state index contributed by atoms with van der Waals surface area (Å²) in [4.78, 5) is 42.9. The van der Waals surface area contributed by atoms with Crippen LogP contribution in [-0.4, -0.2) is 52.8 Å². The summed E-state index contributed by atoms with van der Waals surface area (Å²) in [6.07, 6.45) is 1.99. The molecule has 1 fully saturated rings. The Kier molecular flexibility index (Phi) is 5.54. The number of amides is 4. The molecule has 3 aliphatic rings. The Morgan fingerprint density at radius 1 is 1.23 bits per heavy atom. The van der Waals surface area contributed by atoms with Crippen LogP contribution < -0.4 is 10.6 Å². The molecule has 1 saturated carbocycles. The molecule has 2 aliphatic heterocycles. The number of benzene rings is 1.